The summed E-state index contributed by atoms with van der Waals surface area (Å²) in [6.07, 6.45) is 0. The number of thiophene rings is 1. The molecule has 3 heterocycles. The van der Waals surface area contributed by atoms with E-state index in [-0.39, 0.29) is 0 Å². The lowest BCUT2D eigenvalue weighted by atomic mass is 9.98. The Labute approximate surface area is 298 Å². The lowest BCUT2D eigenvalue weighted by molar-refractivity contribution is 1.17. The van der Waals surface area contributed by atoms with Gasteiger partial charge < -0.3 is 9.13 Å². The van der Waals surface area contributed by atoms with Crippen LogP contribution in [0.2, 0.25) is 0 Å². The molecule has 0 atom stereocenters. The van der Waals surface area contributed by atoms with Gasteiger partial charge in [0.2, 0.25) is 0 Å². The summed E-state index contributed by atoms with van der Waals surface area (Å²) in [5, 5.41) is 7.72. The Bertz CT molecular complexity index is 3120. The van der Waals surface area contributed by atoms with Crippen LogP contribution in [0.4, 0.5) is 0 Å². The zero-order valence-electron chi connectivity index (χ0n) is 27.6. The van der Waals surface area contributed by atoms with E-state index in [4.69, 9.17) is 0 Å². The van der Waals surface area contributed by atoms with Crippen LogP contribution in [0.5, 0.6) is 0 Å². The Hall–Kier alpha value is -6.42. The topological polar surface area (TPSA) is 9.86 Å². The van der Waals surface area contributed by atoms with Crippen LogP contribution in [-0.4, -0.2) is 9.13 Å². The van der Waals surface area contributed by atoms with Crippen molar-refractivity contribution in [3.8, 4) is 33.6 Å². The molecule has 3 heteroatoms. The van der Waals surface area contributed by atoms with Crippen LogP contribution in [0.3, 0.4) is 0 Å². The van der Waals surface area contributed by atoms with Gasteiger partial charge in [0, 0.05) is 53.1 Å². The molecule has 0 unspecified atom stereocenters. The van der Waals surface area contributed by atoms with Crippen LogP contribution in [0.25, 0.3) is 97.4 Å². The van der Waals surface area contributed by atoms with Crippen LogP contribution in [0.1, 0.15) is 0 Å². The molecule has 11 aromatic rings. The summed E-state index contributed by atoms with van der Waals surface area (Å²) in [6, 6.07) is 66.5. The lowest BCUT2D eigenvalue weighted by Crippen LogP contribution is -1.95. The quantitative estimate of drug-likeness (QED) is 0.177. The molecule has 0 N–H and O–H groups in total. The fourth-order valence-corrected chi connectivity index (χ4v) is 9.51. The van der Waals surface area contributed by atoms with Gasteiger partial charge in [0.05, 0.1) is 22.1 Å². The molecule has 0 aliphatic rings. The van der Waals surface area contributed by atoms with Crippen molar-refractivity contribution < 1.29 is 0 Å². The van der Waals surface area contributed by atoms with Gasteiger partial charge in [-0.05, 0) is 76.9 Å². The number of nitrogens with zero attached hydrogens (tertiary/aromatic N) is 2. The van der Waals surface area contributed by atoms with E-state index in [1.54, 1.807) is 0 Å². The Morgan fingerprint density at radius 2 is 1.00 bits per heavy atom. The Morgan fingerprint density at radius 3 is 1.84 bits per heavy atom. The number of para-hydroxylation sites is 3. The predicted octanol–water partition coefficient (Wildman–Crippen LogP) is 13.6. The minimum atomic E-state index is 1.15. The first-order valence-corrected chi connectivity index (χ1v) is 18.3. The molecule has 0 radical (unpaired) electrons. The summed E-state index contributed by atoms with van der Waals surface area (Å²) in [5.74, 6) is 0. The molecule has 0 fully saturated rings. The van der Waals surface area contributed by atoms with Crippen LogP contribution in [0, 0.1) is 0 Å². The van der Waals surface area contributed by atoms with E-state index in [0.29, 0.717) is 0 Å². The van der Waals surface area contributed by atoms with Gasteiger partial charge in [0.25, 0.3) is 0 Å². The molecular formula is C48H30N2S. The molecule has 51 heavy (non-hydrogen) atoms. The fraction of sp³-hybridized carbons (Fsp3) is 0. The SMILES string of the molecule is c1ccc(-n2c3ccccc3c3c2ccc2c4ccccc4n(-c4ccc(-c5cccc(-c6cccc7c6sc6ccccc67)c5)cc4)c23)cc1. The highest BCUT2D eigenvalue weighted by Crippen LogP contribution is 2.43. The summed E-state index contributed by atoms with van der Waals surface area (Å²) in [6.45, 7) is 0. The van der Waals surface area contributed by atoms with Crippen molar-refractivity contribution in [2.24, 2.45) is 0 Å². The second-order valence-electron chi connectivity index (χ2n) is 13.3. The highest BCUT2D eigenvalue weighted by molar-refractivity contribution is 7.26. The van der Waals surface area contributed by atoms with Crippen molar-refractivity contribution in [3.05, 3.63) is 182 Å². The van der Waals surface area contributed by atoms with Crippen LogP contribution >= 0.6 is 11.3 Å². The Kier molecular flexibility index (Phi) is 6.16. The maximum atomic E-state index is 2.47. The first-order valence-electron chi connectivity index (χ1n) is 17.4. The van der Waals surface area contributed by atoms with Gasteiger partial charge in [-0.3, -0.25) is 0 Å². The molecule has 0 spiro atoms. The van der Waals surface area contributed by atoms with Gasteiger partial charge in [-0.2, -0.15) is 0 Å². The van der Waals surface area contributed by atoms with E-state index in [9.17, 15) is 0 Å². The van der Waals surface area contributed by atoms with Crippen molar-refractivity contribution in [1.29, 1.82) is 0 Å². The number of aromatic nitrogens is 2. The lowest BCUT2D eigenvalue weighted by Gasteiger charge is -2.12. The zero-order chi connectivity index (χ0) is 33.5. The second-order valence-corrected chi connectivity index (χ2v) is 14.4. The van der Waals surface area contributed by atoms with Crippen molar-refractivity contribution in [3.63, 3.8) is 0 Å². The minimum absolute atomic E-state index is 1.15. The summed E-state index contributed by atoms with van der Waals surface area (Å²) >= 11 is 1.88. The van der Waals surface area contributed by atoms with E-state index in [0.717, 1.165) is 5.69 Å². The summed E-state index contributed by atoms with van der Waals surface area (Å²) in [7, 11) is 0. The zero-order valence-corrected chi connectivity index (χ0v) is 28.4. The van der Waals surface area contributed by atoms with Gasteiger partial charge >= 0.3 is 0 Å². The third-order valence-electron chi connectivity index (χ3n) is 10.5. The second kappa shape index (κ2) is 11.0. The summed E-state index contributed by atoms with van der Waals surface area (Å²) in [5.41, 5.74) is 12.1. The van der Waals surface area contributed by atoms with E-state index in [1.165, 1.54) is 91.7 Å². The van der Waals surface area contributed by atoms with E-state index >= 15 is 0 Å². The van der Waals surface area contributed by atoms with E-state index in [2.05, 4.69) is 191 Å². The van der Waals surface area contributed by atoms with Crippen molar-refractivity contribution in [2.45, 2.75) is 0 Å². The number of rotatable bonds is 4. The van der Waals surface area contributed by atoms with E-state index in [1.807, 2.05) is 11.3 Å². The molecule has 3 aromatic heterocycles. The third-order valence-corrected chi connectivity index (χ3v) is 11.7. The molecular weight excluding hydrogens is 637 g/mol. The van der Waals surface area contributed by atoms with Crippen LogP contribution in [-0.2, 0) is 0 Å². The van der Waals surface area contributed by atoms with Gasteiger partial charge in [-0.25, -0.2) is 0 Å². The van der Waals surface area contributed by atoms with E-state index < -0.39 is 0 Å². The van der Waals surface area contributed by atoms with Crippen molar-refractivity contribution >= 4 is 75.1 Å². The van der Waals surface area contributed by atoms with Crippen molar-refractivity contribution in [2.75, 3.05) is 0 Å². The number of benzene rings is 8. The normalized spacial score (nSPS) is 11.9. The maximum Gasteiger partial charge on any atom is 0.0641 e. The monoisotopic (exact) mass is 666 g/mol. The van der Waals surface area contributed by atoms with Gasteiger partial charge in [0.1, 0.15) is 0 Å². The number of fused-ring (bicyclic) bond motifs is 10. The predicted molar refractivity (Wildman–Crippen MR) is 219 cm³/mol. The molecule has 0 aliphatic carbocycles. The molecule has 0 amide bonds. The average Bonchev–Trinajstić information content (AvgIpc) is 3.86. The fourth-order valence-electron chi connectivity index (χ4n) is 8.28. The molecule has 238 valence electrons. The van der Waals surface area contributed by atoms with Crippen molar-refractivity contribution in [1.82, 2.24) is 9.13 Å². The standard InChI is InChI=1S/C48H30N2S/c1-2-14-34(15-3-1)49-43-22-8-5-18-41(43)46-44(49)29-28-39-37-16-4-7-21-42(37)50(47(39)46)35-26-24-31(25-27-35)32-12-10-13-33(30-32)36-19-11-20-40-38-17-6-9-23-45(38)51-48(36)40/h1-30H. The first-order chi connectivity index (χ1) is 25.3. The molecule has 8 aromatic carbocycles. The van der Waals surface area contributed by atoms with Crippen LogP contribution < -0.4 is 0 Å². The Morgan fingerprint density at radius 1 is 0.353 bits per heavy atom. The average molecular weight is 667 g/mol. The molecule has 0 aliphatic heterocycles. The maximum absolute atomic E-state index is 2.47. The molecule has 0 bridgehead atoms. The largest absolute Gasteiger partial charge is 0.309 e. The summed E-state index contributed by atoms with van der Waals surface area (Å²) in [4.78, 5) is 0. The molecule has 2 nitrogen and oxygen atoms in total. The van der Waals surface area contributed by atoms with Crippen LogP contribution in [0.15, 0.2) is 182 Å². The first kappa shape index (κ1) is 28.4. The Balaban J connectivity index is 1.09. The molecule has 11 rings (SSSR count). The van der Waals surface area contributed by atoms with Gasteiger partial charge in [0.15, 0.2) is 0 Å². The van der Waals surface area contributed by atoms with Gasteiger partial charge in [-0.15, -0.1) is 11.3 Å². The minimum Gasteiger partial charge on any atom is -0.309 e. The smallest absolute Gasteiger partial charge is 0.0641 e. The highest BCUT2D eigenvalue weighted by Gasteiger charge is 2.20. The highest BCUT2D eigenvalue weighted by atomic mass is 32.1. The molecule has 0 saturated heterocycles. The molecule has 0 saturated carbocycles. The number of hydrogen-bond acceptors (Lipinski definition) is 1. The number of hydrogen-bond donors (Lipinski definition) is 0. The summed E-state index contributed by atoms with van der Waals surface area (Å²) < 4.78 is 7.55. The third kappa shape index (κ3) is 4.22. The van der Waals surface area contributed by atoms with Gasteiger partial charge in [-0.1, -0.05) is 127 Å².